The van der Waals surface area contributed by atoms with E-state index in [1.165, 1.54) is 16.0 Å². The number of alkyl carbamates (subject to hydrolysis) is 1. The standard InChI is InChI=1S/C27H37N5O6/c1-16-13-18(15-28-14-16)31-23(35)27(11-12-27)32(25(31)37)22(34)20-10-9-17-7-5-6-8-19(21(33)30(17)20)29-24(36)38-26(2,3)4/h13-15,17,19-20,25,37H,5-12H2,1-4H3,(H,29,36)/t17-,19-,20-,25?/m0/s1. The van der Waals surface area contributed by atoms with Crippen molar-refractivity contribution in [3.8, 4) is 0 Å². The van der Waals surface area contributed by atoms with Gasteiger partial charge in [0.15, 0.2) is 0 Å². The molecule has 4 heterocycles. The molecule has 1 saturated carbocycles. The van der Waals surface area contributed by atoms with E-state index < -0.39 is 41.6 Å². The minimum atomic E-state index is -1.49. The van der Waals surface area contributed by atoms with E-state index in [-0.39, 0.29) is 17.9 Å². The number of ether oxygens (including phenoxy) is 1. The normalized spacial score (nSPS) is 28.7. The van der Waals surface area contributed by atoms with Crippen molar-refractivity contribution in [2.45, 2.75) is 115 Å². The second kappa shape index (κ2) is 9.52. The minimum absolute atomic E-state index is 0.137. The van der Waals surface area contributed by atoms with Gasteiger partial charge in [-0.2, -0.15) is 0 Å². The molecular weight excluding hydrogens is 490 g/mol. The van der Waals surface area contributed by atoms with E-state index in [4.69, 9.17) is 4.74 Å². The van der Waals surface area contributed by atoms with Crippen molar-refractivity contribution in [2.24, 2.45) is 0 Å². The van der Waals surface area contributed by atoms with Crippen LogP contribution < -0.4 is 10.2 Å². The minimum Gasteiger partial charge on any atom is -0.444 e. The number of pyridine rings is 1. The van der Waals surface area contributed by atoms with Crippen LogP contribution in [0.25, 0.3) is 0 Å². The summed E-state index contributed by atoms with van der Waals surface area (Å²) >= 11 is 0. The van der Waals surface area contributed by atoms with Gasteiger partial charge in [0.1, 0.15) is 23.2 Å². The summed E-state index contributed by atoms with van der Waals surface area (Å²) in [5, 5.41) is 14.0. The summed E-state index contributed by atoms with van der Waals surface area (Å²) in [6.45, 7) is 7.10. The molecule has 5 rings (SSSR count). The second-order valence-electron chi connectivity index (χ2n) is 12.0. The van der Waals surface area contributed by atoms with Gasteiger partial charge >= 0.3 is 6.09 Å². The topological polar surface area (TPSA) is 132 Å². The predicted octanol–water partition coefficient (Wildman–Crippen LogP) is 2.20. The number of aliphatic hydroxyl groups excluding tert-OH is 1. The highest BCUT2D eigenvalue weighted by atomic mass is 16.6. The van der Waals surface area contributed by atoms with Crippen LogP contribution in [-0.2, 0) is 19.1 Å². The summed E-state index contributed by atoms with van der Waals surface area (Å²) in [6.07, 6.45) is 5.85. The van der Waals surface area contributed by atoms with E-state index in [9.17, 15) is 24.3 Å². The van der Waals surface area contributed by atoms with Gasteiger partial charge in [0, 0.05) is 12.2 Å². The fourth-order valence-corrected chi connectivity index (χ4v) is 6.11. The van der Waals surface area contributed by atoms with Crippen molar-refractivity contribution in [1.29, 1.82) is 0 Å². The Morgan fingerprint density at radius 1 is 1.11 bits per heavy atom. The monoisotopic (exact) mass is 527 g/mol. The van der Waals surface area contributed by atoms with Crippen molar-refractivity contribution in [3.05, 3.63) is 24.0 Å². The number of hydrogen-bond donors (Lipinski definition) is 2. The Hall–Kier alpha value is -3.21. The van der Waals surface area contributed by atoms with Gasteiger partial charge < -0.3 is 20.1 Å². The molecule has 0 aromatic carbocycles. The molecule has 2 N–H and O–H groups in total. The Morgan fingerprint density at radius 3 is 2.47 bits per heavy atom. The average Bonchev–Trinajstić information content (AvgIpc) is 3.45. The number of fused-ring (bicyclic) bond motifs is 1. The molecule has 38 heavy (non-hydrogen) atoms. The van der Waals surface area contributed by atoms with Crippen LogP contribution in [0.1, 0.15) is 77.7 Å². The first kappa shape index (κ1) is 26.4. The van der Waals surface area contributed by atoms with Crippen LogP contribution in [0.3, 0.4) is 0 Å². The van der Waals surface area contributed by atoms with Crippen LogP contribution in [0.5, 0.6) is 0 Å². The maximum atomic E-state index is 14.1. The summed E-state index contributed by atoms with van der Waals surface area (Å²) in [4.78, 5) is 62.1. The molecule has 1 aromatic rings. The summed E-state index contributed by atoms with van der Waals surface area (Å²) < 4.78 is 5.37. The van der Waals surface area contributed by atoms with Gasteiger partial charge in [-0.25, -0.2) is 4.79 Å². The summed E-state index contributed by atoms with van der Waals surface area (Å²) in [5.74, 6) is -1.08. The van der Waals surface area contributed by atoms with Gasteiger partial charge in [0.25, 0.3) is 5.91 Å². The molecular formula is C27H37N5O6. The number of aromatic nitrogens is 1. The van der Waals surface area contributed by atoms with Crippen LogP contribution in [0.15, 0.2) is 18.5 Å². The van der Waals surface area contributed by atoms with Gasteiger partial charge in [-0.1, -0.05) is 12.8 Å². The molecule has 4 atom stereocenters. The number of carbonyl (C=O) groups excluding carboxylic acids is 4. The maximum Gasteiger partial charge on any atom is 0.408 e. The molecule has 3 saturated heterocycles. The zero-order chi connectivity index (χ0) is 27.4. The fraction of sp³-hybridized carbons (Fsp3) is 0.667. The molecule has 11 nitrogen and oxygen atoms in total. The number of rotatable bonds is 3. The third-order valence-electron chi connectivity index (χ3n) is 7.95. The number of nitrogens with one attached hydrogen (secondary N) is 1. The van der Waals surface area contributed by atoms with E-state index in [1.807, 2.05) is 6.92 Å². The van der Waals surface area contributed by atoms with Crippen LogP contribution in [-0.4, -0.2) is 79.3 Å². The van der Waals surface area contributed by atoms with E-state index in [2.05, 4.69) is 10.3 Å². The first-order valence-corrected chi connectivity index (χ1v) is 13.5. The largest absolute Gasteiger partial charge is 0.444 e. The molecule has 0 radical (unpaired) electrons. The SMILES string of the molecule is Cc1cncc(N2C(=O)C3(CC3)N(C(=O)[C@@H]3CC[C@@H]4CCCC[C@H](NC(=O)OC(C)(C)C)C(=O)N43)C2O)c1. The van der Waals surface area contributed by atoms with Crippen LogP contribution in [0.4, 0.5) is 10.5 Å². The molecule has 11 heteroatoms. The Bertz CT molecular complexity index is 1150. The van der Waals surface area contributed by atoms with Crippen LogP contribution >= 0.6 is 0 Å². The van der Waals surface area contributed by atoms with Crippen LogP contribution in [0, 0.1) is 6.92 Å². The quantitative estimate of drug-likeness (QED) is 0.616. The molecule has 4 aliphatic rings. The third-order valence-corrected chi connectivity index (χ3v) is 7.95. The molecule has 4 fully saturated rings. The van der Waals surface area contributed by atoms with E-state index >= 15 is 0 Å². The molecule has 1 unspecified atom stereocenters. The van der Waals surface area contributed by atoms with Crippen molar-refractivity contribution < 1.29 is 29.0 Å². The molecule has 1 aliphatic carbocycles. The maximum absolute atomic E-state index is 14.1. The highest BCUT2D eigenvalue weighted by Crippen LogP contribution is 2.51. The van der Waals surface area contributed by atoms with Crippen LogP contribution in [0.2, 0.25) is 0 Å². The van der Waals surface area contributed by atoms with Gasteiger partial charge in [0.05, 0.1) is 11.9 Å². The molecule has 1 spiro atoms. The lowest BCUT2D eigenvalue weighted by molar-refractivity contribution is -0.154. The Labute approximate surface area is 222 Å². The number of aryl methyl sites for hydroxylation is 1. The van der Waals surface area contributed by atoms with E-state index in [1.54, 1.807) is 37.9 Å². The lowest BCUT2D eigenvalue weighted by Crippen LogP contribution is -2.59. The average molecular weight is 528 g/mol. The summed E-state index contributed by atoms with van der Waals surface area (Å²) in [7, 11) is 0. The van der Waals surface area contributed by atoms with Crippen molar-refractivity contribution in [1.82, 2.24) is 20.1 Å². The van der Waals surface area contributed by atoms with Gasteiger partial charge in [-0.15, -0.1) is 0 Å². The highest BCUT2D eigenvalue weighted by Gasteiger charge is 2.68. The molecule has 4 amide bonds. The van der Waals surface area contributed by atoms with Gasteiger partial charge in [-0.3, -0.25) is 29.2 Å². The number of anilines is 1. The molecule has 3 aliphatic heterocycles. The van der Waals surface area contributed by atoms with Crippen molar-refractivity contribution >= 4 is 29.5 Å². The number of amides is 4. The first-order valence-electron chi connectivity index (χ1n) is 13.5. The predicted molar refractivity (Wildman–Crippen MR) is 137 cm³/mol. The number of aliphatic hydroxyl groups is 1. The fourth-order valence-electron chi connectivity index (χ4n) is 6.11. The summed E-state index contributed by atoms with van der Waals surface area (Å²) in [6, 6.07) is -0.0132. The molecule has 0 bridgehead atoms. The smallest absolute Gasteiger partial charge is 0.408 e. The highest BCUT2D eigenvalue weighted by molar-refractivity contribution is 6.09. The zero-order valence-corrected chi connectivity index (χ0v) is 22.5. The van der Waals surface area contributed by atoms with Gasteiger partial charge in [-0.05, 0) is 77.8 Å². The van der Waals surface area contributed by atoms with Crippen molar-refractivity contribution in [3.63, 3.8) is 0 Å². The second-order valence-corrected chi connectivity index (χ2v) is 12.0. The first-order chi connectivity index (χ1) is 17.9. The number of carbonyl (C=O) groups is 4. The Morgan fingerprint density at radius 2 is 1.82 bits per heavy atom. The molecule has 1 aromatic heterocycles. The molecule has 206 valence electrons. The Balaban J connectivity index is 1.40. The Kier molecular flexibility index (Phi) is 6.61. The van der Waals surface area contributed by atoms with Crippen molar-refractivity contribution in [2.75, 3.05) is 4.90 Å². The van der Waals surface area contributed by atoms with Gasteiger partial charge in [0.2, 0.25) is 18.2 Å². The van der Waals surface area contributed by atoms with E-state index in [0.29, 0.717) is 37.8 Å². The zero-order valence-electron chi connectivity index (χ0n) is 22.5. The third kappa shape index (κ3) is 4.61. The number of nitrogens with zero attached hydrogens (tertiary/aromatic N) is 4. The number of hydrogen-bond acceptors (Lipinski definition) is 7. The summed E-state index contributed by atoms with van der Waals surface area (Å²) in [5.41, 5.74) is -0.555. The lowest BCUT2D eigenvalue weighted by Gasteiger charge is -2.37. The lowest BCUT2D eigenvalue weighted by atomic mass is 9.99. The van der Waals surface area contributed by atoms with E-state index in [0.717, 1.165) is 24.8 Å².